The predicted molar refractivity (Wildman–Crippen MR) is 68.5 cm³/mol. The largest absolute Gasteiger partial charge is 0.337 e. The van der Waals surface area contributed by atoms with Crippen LogP contribution in [0.1, 0.15) is 47.8 Å². The van der Waals surface area contributed by atoms with E-state index in [0.717, 1.165) is 31.6 Å². The second-order valence-corrected chi connectivity index (χ2v) is 5.38. The summed E-state index contributed by atoms with van der Waals surface area (Å²) in [6, 6.07) is 2.28. The normalized spacial score (nSPS) is 20.9. The molecule has 1 saturated heterocycles. The van der Waals surface area contributed by atoms with Crippen LogP contribution in [0.15, 0.2) is 6.07 Å². The molecule has 0 unspecified atom stereocenters. The Bertz CT molecular complexity index is 432. The number of amides is 1. The zero-order valence-electron chi connectivity index (χ0n) is 10.8. The molecule has 0 radical (unpaired) electrons. The highest BCUT2D eigenvalue weighted by Gasteiger charge is 2.28. The average Bonchev–Trinajstić information content (AvgIpc) is 3.16. The number of H-pyrrole nitrogens is 1. The Hall–Kier alpha value is -1.36. The topological polar surface area (TPSA) is 61.0 Å². The van der Waals surface area contributed by atoms with Crippen LogP contribution in [0.3, 0.4) is 0 Å². The van der Waals surface area contributed by atoms with Gasteiger partial charge in [-0.15, -0.1) is 0 Å². The van der Waals surface area contributed by atoms with Gasteiger partial charge in [-0.1, -0.05) is 0 Å². The van der Waals surface area contributed by atoms with Crippen LogP contribution in [0.2, 0.25) is 0 Å². The van der Waals surface area contributed by atoms with E-state index < -0.39 is 0 Å². The molecule has 2 aliphatic rings. The van der Waals surface area contributed by atoms with Gasteiger partial charge in [-0.25, -0.2) is 0 Å². The number of nitrogens with one attached hydrogen (secondary N) is 2. The Morgan fingerprint density at radius 2 is 2.06 bits per heavy atom. The number of carbonyl (C=O) groups is 1. The van der Waals surface area contributed by atoms with Crippen molar-refractivity contribution in [1.29, 1.82) is 0 Å². The molecule has 0 atom stereocenters. The molecule has 1 aromatic heterocycles. The third-order valence-electron chi connectivity index (χ3n) is 4.01. The van der Waals surface area contributed by atoms with Crippen molar-refractivity contribution in [1.82, 2.24) is 20.4 Å². The van der Waals surface area contributed by atoms with E-state index in [0.29, 0.717) is 17.7 Å². The van der Waals surface area contributed by atoms with Crippen LogP contribution < -0.4 is 5.32 Å². The lowest BCUT2D eigenvalue weighted by molar-refractivity contribution is 0.0697. The molecular weight excluding hydrogens is 228 g/mol. The molecule has 0 aromatic carbocycles. The van der Waals surface area contributed by atoms with Crippen molar-refractivity contribution in [2.24, 2.45) is 0 Å². The number of aromatic nitrogens is 2. The van der Waals surface area contributed by atoms with E-state index in [1.54, 1.807) is 0 Å². The van der Waals surface area contributed by atoms with Crippen LogP contribution in [0.4, 0.5) is 0 Å². The van der Waals surface area contributed by atoms with Gasteiger partial charge in [-0.3, -0.25) is 9.89 Å². The van der Waals surface area contributed by atoms with Gasteiger partial charge in [0, 0.05) is 24.7 Å². The first-order valence-corrected chi connectivity index (χ1v) is 6.79. The summed E-state index contributed by atoms with van der Waals surface area (Å²) in [6.07, 6.45) is 4.50. The Morgan fingerprint density at radius 3 is 2.72 bits per heavy atom. The number of nitrogens with zero attached hydrogens (tertiary/aromatic N) is 2. The molecule has 98 valence electrons. The van der Waals surface area contributed by atoms with E-state index >= 15 is 0 Å². The van der Waals surface area contributed by atoms with E-state index in [4.69, 9.17) is 0 Å². The number of piperidine rings is 1. The maximum Gasteiger partial charge on any atom is 0.274 e. The van der Waals surface area contributed by atoms with Gasteiger partial charge in [-0.2, -0.15) is 5.10 Å². The van der Waals surface area contributed by atoms with Crippen molar-refractivity contribution in [3.05, 3.63) is 17.5 Å². The van der Waals surface area contributed by atoms with Crippen LogP contribution in [-0.2, 0) is 0 Å². The zero-order valence-corrected chi connectivity index (χ0v) is 10.8. The Morgan fingerprint density at radius 1 is 1.33 bits per heavy atom. The number of carbonyl (C=O) groups excluding carboxylic acids is 1. The summed E-state index contributed by atoms with van der Waals surface area (Å²) in [5.41, 5.74) is 1.69. The lowest BCUT2D eigenvalue weighted by Gasteiger charge is -2.31. The van der Waals surface area contributed by atoms with Crippen molar-refractivity contribution >= 4 is 5.91 Å². The van der Waals surface area contributed by atoms with Crippen molar-refractivity contribution in [3.8, 4) is 0 Å². The first-order valence-electron chi connectivity index (χ1n) is 6.79. The zero-order chi connectivity index (χ0) is 12.5. The van der Waals surface area contributed by atoms with Gasteiger partial charge in [0.15, 0.2) is 0 Å². The van der Waals surface area contributed by atoms with Crippen molar-refractivity contribution in [2.75, 3.05) is 20.1 Å². The highest BCUT2D eigenvalue weighted by Crippen LogP contribution is 2.39. The summed E-state index contributed by atoms with van der Waals surface area (Å²) in [4.78, 5) is 14.2. The number of hydrogen-bond donors (Lipinski definition) is 2. The first-order chi connectivity index (χ1) is 8.75. The Balaban J connectivity index is 1.67. The summed E-state index contributed by atoms with van der Waals surface area (Å²) in [7, 11) is 1.89. The van der Waals surface area contributed by atoms with Crippen LogP contribution in [-0.4, -0.2) is 47.2 Å². The van der Waals surface area contributed by atoms with Gasteiger partial charge in [0.1, 0.15) is 5.69 Å². The molecule has 3 rings (SSSR count). The van der Waals surface area contributed by atoms with Crippen LogP contribution in [0.5, 0.6) is 0 Å². The van der Waals surface area contributed by atoms with E-state index in [2.05, 4.69) is 15.5 Å². The summed E-state index contributed by atoms with van der Waals surface area (Å²) in [5, 5.41) is 10.5. The van der Waals surface area contributed by atoms with E-state index in [1.807, 2.05) is 18.0 Å². The molecule has 1 amide bonds. The molecule has 18 heavy (non-hydrogen) atoms. The van der Waals surface area contributed by atoms with Crippen LogP contribution in [0, 0.1) is 0 Å². The van der Waals surface area contributed by atoms with Gasteiger partial charge in [-0.05, 0) is 44.8 Å². The quantitative estimate of drug-likeness (QED) is 0.842. The third kappa shape index (κ3) is 2.27. The fourth-order valence-corrected chi connectivity index (χ4v) is 2.59. The second kappa shape index (κ2) is 4.72. The second-order valence-electron chi connectivity index (χ2n) is 5.38. The first kappa shape index (κ1) is 11.7. The van der Waals surface area contributed by atoms with E-state index in [-0.39, 0.29) is 5.91 Å². The lowest BCUT2D eigenvalue weighted by Crippen LogP contribution is -2.44. The van der Waals surface area contributed by atoms with Crippen molar-refractivity contribution in [3.63, 3.8) is 0 Å². The molecule has 1 aromatic rings. The number of aromatic amines is 1. The summed E-state index contributed by atoms with van der Waals surface area (Å²) in [6.45, 7) is 1.99. The van der Waals surface area contributed by atoms with Gasteiger partial charge < -0.3 is 10.2 Å². The fourth-order valence-electron chi connectivity index (χ4n) is 2.59. The molecule has 1 saturated carbocycles. The maximum atomic E-state index is 12.3. The molecule has 0 bridgehead atoms. The molecule has 2 fully saturated rings. The highest BCUT2D eigenvalue weighted by molar-refractivity contribution is 5.92. The fraction of sp³-hybridized carbons (Fsp3) is 0.692. The average molecular weight is 248 g/mol. The van der Waals surface area contributed by atoms with Crippen LogP contribution in [0.25, 0.3) is 0 Å². The Labute approximate surface area is 107 Å². The smallest absolute Gasteiger partial charge is 0.274 e. The number of rotatable bonds is 3. The standard InChI is InChI=1S/C13H20N4O/c1-17(10-4-6-14-7-5-10)13(18)12-8-11(15-16-12)9-2-3-9/h8-10,14H,2-7H2,1H3,(H,15,16). The molecule has 5 heteroatoms. The maximum absolute atomic E-state index is 12.3. The van der Waals surface area contributed by atoms with Crippen molar-refractivity contribution < 1.29 is 4.79 Å². The molecule has 2 N–H and O–H groups in total. The molecular formula is C13H20N4O. The summed E-state index contributed by atoms with van der Waals surface area (Å²) >= 11 is 0. The molecule has 1 aliphatic carbocycles. The highest BCUT2D eigenvalue weighted by atomic mass is 16.2. The van der Waals surface area contributed by atoms with E-state index in [9.17, 15) is 4.79 Å². The number of hydrogen-bond acceptors (Lipinski definition) is 3. The predicted octanol–water partition coefficient (Wildman–Crippen LogP) is 1.11. The van der Waals surface area contributed by atoms with Crippen molar-refractivity contribution in [2.45, 2.75) is 37.6 Å². The lowest BCUT2D eigenvalue weighted by atomic mass is 10.1. The molecule has 1 aliphatic heterocycles. The minimum absolute atomic E-state index is 0.0463. The minimum Gasteiger partial charge on any atom is -0.337 e. The van der Waals surface area contributed by atoms with Gasteiger partial charge >= 0.3 is 0 Å². The van der Waals surface area contributed by atoms with Crippen LogP contribution >= 0.6 is 0 Å². The van der Waals surface area contributed by atoms with Gasteiger partial charge in [0.25, 0.3) is 5.91 Å². The molecule has 2 heterocycles. The minimum atomic E-state index is 0.0463. The molecule has 5 nitrogen and oxygen atoms in total. The van der Waals surface area contributed by atoms with Gasteiger partial charge in [0.05, 0.1) is 0 Å². The summed E-state index contributed by atoms with van der Waals surface area (Å²) < 4.78 is 0. The van der Waals surface area contributed by atoms with E-state index in [1.165, 1.54) is 12.8 Å². The SMILES string of the molecule is CN(C(=O)c1cc(C2CC2)[nH]n1)C1CCNCC1. The monoisotopic (exact) mass is 248 g/mol. The summed E-state index contributed by atoms with van der Waals surface area (Å²) in [5.74, 6) is 0.660. The van der Waals surface area contributed by atoms with Gasteiger partial charge in [0.2, 0.25) is 0 Å². The third-order valence-corrected chi connectivity index (χ3v) is 4.01. The Kier molecular flexibility index (Phi) is 3.07. The molecule has 0 spiro atoms.